The fraction of sp³-hybridized carbons (Fsp3) is 0.312. The molecule has 1 atom stereocenters. The largest absolute Gasteiger partial charge is 0.497 e. The summed E-state index contributed by atoms with van der Waals surface area (Å²) in [5.74, 6) is 2.90. The molecule has 0 radical (unpaired) electrons. The smallest absolute Gasteiger partial charge is 0.252 e. The minimum Gasteiger partial charge on any atom is -0.497 e. The summed E-state index contributed by atoms with van der Waals surface area (Å²) >= 11 is 0. The number of benzene rings is 3. The van der Waals surface area contributed by atoms with E-state index in [1.807, 2.05) is 65.3 Å². The zero-order valence-electron chi connectivity index (χ0n) is 23.8. The minimum atomic E-state index is -0.128. The van der Waals surface area contributed by atoms with E-state index >= 15 is 0 Å². The number of hydrogen-bond acceptors (Lipinski definition) is 8. The van der Waals surface area contributed by atoms with Crippen molar-refractivity contribution in [2.75, 3.05) is 26.9 Å². The van der Waals surface area contributed by atoms with Crippen LogP contribution in [0.4, 0.5) is 0 Å². The molecule has 10 heteroatoms. The molecular formula is C32H34N6O4. The van der Waals surface area contributed by atoms with Crippen LogP contribution in [0.3, 0.4) is 0 Å². The summed E-state index contributed by atoms with van der Waals surface area (Å²) in [5, 5.41) is 13.8. The quantitative estimate of drug-likeness (QED) is 0.248. The molecule has 0 aliphatic carbocycles. The highest BCUT2D eigenvalue weighted by Crippen LogP contribution is 2.34. The van der Waals surface area contributed by atoms with Crippen molar-refractivity contribution >= 4 is 10.9 Å². The lowest BCUT2D eigenvalue weighted by Crippen LogP contribution is -2.34. The van der Waals surface area contributed by atoms with Crippen LogP contribution >= 0.6 is 0 Å². The monoisotopic (exact) mass is 566 g/mol. The number of hydrogen-bond donors (Lipinski definition) is 1. The van der Waals surface area contributed by atoms with Gasteiger partial charge in [-0.25, -0.2) is 4.68 Å². The first-order valence-electron chi connectivity index (χ1n) is 14.2. The van der Waals surface area contributed by atoms with Crippen molar-refractivity contribution in [3.05, 3.63) is 106 Å². The van der Waals surface area contributed by atoms with Gasteiger partial charge in [-0.3, -0.25) is 9.69 Å². The summed E-state index contributed by atoms with van der Waals surface area (Å²) in [6.07, 6.45) is 1.59. The van der Waals surface area contributed by atoms with Crippen LogP contribution < -0.4 is 19.8 Å². The molecule has 42 heavy (non-hydrogen) atoms. The van der Waals surface area contributed by atoms with E-state index in [4.69, 9.17) is 14.2 Å². The van der Waals surface area contributed by atoms with Gasteiger partial charge in [0.15, 0.2) is 17.3 Å². The van der Waals surface area contributed by atoms with Crippen molar-refractivity contribution < 1.29 is 14.2 Å². The van der Waals surface area contributed by atoms with Crippen molar-refractivity contribution in [3.63, 3.8) is 0 Å². The molecule has 5 aromatic rings. The molecule has 0 saturated carbocycles. The molecule has 1 aliphatic heterocycles. The molecule has 0 fully saturated rings. The average Bonchev–Trinajstić information content (AvgIpc) is 3.48. The number of tetrazole rings is 1. The van der Waals surface area contributed by atoms with Crippen LogP contribution in [0.1, 0.15) is 41.9 Å². The van der Waals surface area contributed by atoms with Crippen LogP contribution in [0, 0.1) is 0 Å². The van der Waals surface area contributed by atoms with Crippen molar-refractivity contribution in [2.45, 2.75) is 38.9 Å². The molecule has 0 saturated heterocycles. The number of nitrogens with zero attached hydrogens (tertiary/aromatic N) is 5. The molecule has 2 aromatic heterocycles. The Labute approximate surface area is 243 Å². The second-order valence-electron chi connectivity index (χ2n) is 10.4. The highest BCUT2D eigenvalue weighted by Gasteiger charge is 2.26. The topological polar surface area (TPSA) is 107 Å². The van der Waals surface area contributed by atoms with Gasteiger partial charge in [0.05, 0.1) is 25.2 Å². The molecule has 1 unspecified atom stereocenters. The summed E-state index contributed by atoms with van der Waals surface area (Å²) in [6, 6.07) is 23.9. The van der Waals surface area contributed by atoms with E-state index in [-0.39, 0.29) is 11.6 Å². The maximum Gasteiger partial charge on any atom is 0.252 e. The van der Waals surface area contributed by atoms with Crippen molar-refractivity contribution in [2.24, 2.45) is 0 Å². The zero-order valence-corrected chi connectivity index (χ0v) is 23.8. The van der Waals surface area contributed by atoms with Crippen molar-refractivity contribution in [1.82, 2.24) is 30.1 Å². The fourth-order valence-corrected chi connectivity index (χ4v) is 5.46. The van der Waals surface area contributed by atoms with Crippen LogP contribution in [0.5, 0.6) is 17.2 Å². The normalized spacial score (nSPS) is 13.4. The van der Waals surface area contributed by atoms with Gasteiger partial charge >= 0.3 is 0 Å². The Morgan fingerprint density at radius 3 is 2.50 bits per heavy atom. The highest BCUT2D eigenvalue weighted by molar-refractivity contribution is 5.83. The lowest BCUT2D eigenvalue weighted by molar-refractivity contribution is 0.171. The maximum absolute atomic E-state index is 13.4. The Bertz CT molecular complexity index is 1700. The first-order chi connectivity index (χ1) is 20.6. The number of rotatable bonds is 11. The standard InChI is InChI=1S/C32H34N6O4/c1-3-28(31-34-35-36-38(31)20-23-9-11-26(40-2)12-10-23)37(14-13-22-7-5-4-6-8-22)21-25-17-24-18-29-30(42-16-15-41-29)19-27(24)33-32(25)39/h4-12,17-19,28H,3,13-16,20-21H2,1-2H3,(H,33,39). The van der Waals surface area contributed by atoms with Crippen LogP contribution in [0.25, 0.3) is 10.9 Å². The fourth-order valence-electron chi connectivity index (χ4n) is 5.46. The van der Waals surface area contributed by atoms with E-state index in [2.05, 4.69) is 44.5 Å². The Hall–Kier alpha value is -4.70. The Balaban J connectivity index is 1.32. The van der Waals surface area contributed by atoms with Gasteiger partial charge in [0.2, 0.25) is 0 Å². The third-order valence-corrected chi connectivity index (χ3v) is 7.66. The SMILES string of the molecule is CCC(c1nnnn1Cc1ccc(OC)cc1)N(CCc1ccccc1)Cc1cc2cc3c(cc2[nH]c1=O)OCCO3. The lowest BCUT2D eigenvalue weighted by atomic mass is 10.1. The number of aromatic amines is 1. The molecule has 3 heterocycles. The van der Waals surface area contributed by atoms with Crippen LogP contribution in [-0.2, 0) is 19.5 Å². The van der Waals surface area contributed by atoms with E-state index < -0.39 is 0 Å². The third kappa shape index (κ3) is 5.99. The molecule has 1 N–H and O–H groups in total. The number of ether oxygens (including phenoxy) is 3. The Morgan fingerprint density at radius 1 is 1.00 bits per heavy atom. The van der Waals surface area contributed by atoms with Gasteiger partial charge in [-0.1, -0.05) is 49.4 Å². The molecule has 0 spiro atoms. The van der Waals surface area contributed by atoms with E-state index in [9.17, 15) is 4.79 Å². The second kappa shape index (κ2) is 12.4. The van der Waals surface area contributed by atoms with E-state index in [1.165, 1.54) is 5.56 Å². The number of fused-ring (bicyclic) bond motifs is 2. The minimum absolute atomic E-state index is 0.114. The predicted molar refractivity (Wildman–Crippen MR) is 159 cm³/mol. The second-order valence-corrected chi connectivity index (χ2v) is 10.4. The van der Waals surface area contributed by atoms with Gasteiger partial charge in [-0.2, -0.15) is 0 Å². The molecule has 0 bridgehead atoms. The summed E-state index contributed by atoms with van der Waals surface area (Å²) in [7, 11) is 1.65. The molecule has 0 amide bonds. The predicted octanol–water partition coefficient (Wildman–Crippen LogP) is 4.54. The van der Waals surface area contributed by atoms with Gasteiger partial charge in [0.1, 0.15) is 19.0 Å². The van der Waals surface area contributed by atoms with Gasteiger partial charge in [0.25, 0.3) is 5.56 Å². The summed E-state index contributed by atoms with van der Waals surface area (Å²) in [4.78, 5) is 18.7. The first kappa shape index (κ1) is 27.5. The summed E-state index contributed by atoms with van der Waals surface area (Å²) in [6.45, 7) is 4.80. The van der Waals surface area contributed by atoms with E-state index in [0.29, 0.717) is 43.4 Å². The highest BCUT2D eigenvalue weighted by atomic mass is 16.6. The number of pyridine rings is 1. The van der Waals surface area contributed by atoms with Gasteiger partial charge < -0.3 is 19.2 Å². The van der Waals surface area contributed by atoms with Gasteiger partial charge in [-0.05, 0) is 58.7 Å². The summed E-state index contributed by atoms with van der Waals surface area (Å²) < 4.78 is 18.7. The molecule has 216 valence electrons. The molecule has 3 aromatic carbocycles. The van der Waals surface area contributed by atoms with Gasteiger partial charge in [0, 0.05) is 30.1 Å². The zero-order chi connectivity index (χ0) is 28.9. The number of methoxy groups -OCH3 is 1. The molecule has 6 rings (SSSR count). The Morgan fingerprint density at radius 2 is 1.76 bits per heavy atom. The third-order valence-electron chi connectivity index (χ3n) is 7.66. The number of aromatic nitrogens is 5. The van der Waals surface area contributed by atoms with Crippen molar-refractivity contribution in [1.29, 1.82) is 0 Å². The van der Waals surface area contributed by atoms with E-state index in [1.54, 1.807) is 7.11 Å². The molecule has 1 aliphatic rings. The van der Waals surface area contributed by atoms with Crippen molar-refractivity contribution in [3.8, 4) is 17.2 Å². The summed E-state index contributed by atoms with van der Waals surface area (Å²) in [5.41, 5.74) is 3.55. The first-order valence-corrected chi connectivity index (χ1v) is 14.2. The maximum atomic E-state index is 13.4. The number of H-pyrrole nitrogens is 1. The van der Waals surface area contributed by atoms with E-state index in [0.717, 1.165) is 47.4 Å². The van der Waals surface area contributed by atoms with Gasteiger partial charge in [-0.15, -0.1) is 5.10 Å². The molecular weight excluding hydrogens is 532 g/mol. The Kier molecular flexibility index (Phi) is 8.14. The van der Waals surface area contributed by atoms with Crippen LogP contribution in [-0.4, -0.2) is 57.0 Å². The van der Waals surface area contributed by atoms with Crippen LogP contribution in [0.15, 0.2) is 77.6 Å². The lowest BCUT2D eigenvalue weighted by Gasteiger charge is -2.30. The average molecular weight is 567 g/mol. The molecule has 10 nitrogen and oxygen atoms in total. The van der Waals surface area contributed by atoms with Crippen LogP contribution in [0.2, 0.25) is 0 Å². The number of nitrogens with one attached hydrogen (secondary N) is 1.